The van der Waals surface area contributed by atoms with Gasteiger partial charge in [0.2, 0.25) is 0 Å². The first-order chi connectivity index (χ1) is 17.6. The van der Waals surface area contributed by atoms with E-state index in [2.05, 4.69) is 40.5 Å². The molecular weight excluding hydrogens is 470 g/mol. The van der Waals surface area contributed by atoms with E-state index in [0.717, 1.165) is 50.1 Å². The Kier molecular flexibility index (Phi) is 6.12. The Morgan fingerprint density at radius 3 is 2.50 bits per heavy atom. The number of amides is 1. The molecule has 1 unspecified atom stereocenters. The average Bonchev–Trinajstić information content (AvgIpc) is 2.90. The number of nitrogens with zero attached hydrogens (tertiary/aromatic N) is 2. The fourth-order valence-corrected chi connectivity index (χ4v) is 5.79. The van der Waals surface area contributed by atoms with Crippen LogP contribution in [0, 0.1) is 0 Å². The highest BCUT2D eigenvalue weighted by molar-refractivity contribution is 6.31. The molecule has 0 radical (unpaired) electrons. The molecular formula is C30H28ClN3O2. The first kappa shape index (κ1) is 23.0. The monoisotopic (exact) mass is 497 g/mol. The summed E-state index contributed by atoms with van der Waals surface area (Å²) in [5, 5.41) is 4.16. The summed E-state index contributed by atoms with van der Waals surface area (Å²) in [5.41, 5.74) is 4.57. The van der Waals surface area contributed by atoms with Gasteiger partial charge in [-0.05, 0) is 54.7 Å². The number of piperidine rings is 1. The van der Waals surface area contributed by atoms with Gasteiger partial charge in [-0.1, -0.05) is 66.2 Å². The van der Waals surface area contributed by atoms with Crippen LogP contribution in [-0.4, -0.2) is 48.3 Å². The molecule has 1 amide bonds. The van der Waals surface area contributed by atoms with Gasteiger partial charge in [0.1, 0.15) is 6.04 Å². The van der Waals surface area contributed by atoms with E-state index >= 15 is 0 Å². The molecule has 5 nitrogen and oxygen atoms in total. The molecule has 1 saturated heterocycles. The second-order valence-electron chi connectivity index (χ2n) is 9.77. The molecule has 3 aromatic rings. The van der Waals surface area contributed by atoms with E-state index in [0.29, 0.717) is 21.8 Å². The Balaban J connectivity index is 1.21. The molecule has 2 aliphatic heterocycles. The molecule has 3 aliphatic rings. The van der Waals surface area contributed by atoms with Gasteiger partial charge in [0, 0.05) is 47.6 Å². The third-order valence-corrected chi connectivity index (χ3v) is 7.75. The van der Waals surface area contributed by atoms with Crippen LogP contribution in [0.15, 0.2) is 72.8 Å². The van der Waals surface area contributed by atoms with Gasteiger partial charge >= 0.3 is 0 Å². The maximum atomic E-state index is 13.9. The number of anilines is 2. The maximum absolute atomic E-state index is 13.9. The van der Waals surface area contributed by atoms with E-state index in [9.17, 15) is 9.59 Å². The van der Waals surface area contributed by atoms with Crippen molar-refractivity contribution in [1.82, 2.24) is 4.90 Å². The second kappa shape index (κ2) is 9.57. The third kappa shape index (κ3) is 4.23. The molecule has 3 aromatic carbocycles. The molecule has 1 aliphatic carbocycles. The molecule has 0 aromatic heterocycles. The number of halogens is 1. The quantitative estimate of drug-likeness (QED) is 0.475. The van der Waals surface area contributed by atoms with Crippen LogP contribution in [-0.2, 0) is 6.42 Å². The van der Waals surface area contributed by atoms with Gasteiger partial charge in [-0.3, -0.25) is 14.5 Å². The van der Waals surface area contributed by atoms with Crippen LogP contribution in [0.5, 0.6) is 0 Å². The second-order valence-corrected chi connectivity index (χ2v) is 10.2. The minimum Gasteiger partial charge on any atom is -0.382 e. The molecule has 1 atom stereocenters. The smallest absolute Gasteiger partial charge is 0.262 e. The van der Waals surface area contributed by atoms with E-state index in [4.69, 9.17) is 11.6 Å². The molecule has 1 fully saturated rings. The van der Waals surface area contributed by atoms with Crippen LogP contribution in [0.25, 0.3) is 6.08 Å². The number of carbonyl (C=O) groups excluding carboxylic acids is 2. The van der Waals surface area contributed by atoms with Gasteiger partial charge in [0.15, 0.2) is 5.78 Å². The molecule has 0 saturated carbocycles. The van der Waals surface area contributed by atoms with Crippen LogP contribution < -0.4 is 10.2 Å². The summed E-state index contributed by atoms with van der Waals surface area (Å²) in [6.07, 6.45) is 6.80. The molecule has 6 rings (SSSR count). The normalized spacial score (nSPS) is 19.6. The molecule has 182 valence electrons. The van der Waals surface area contributed by atoms with E-state index in [1.54, 1.807) is 23.1 Å². The number of Topliss-reactive ketones (excluding diaryl/α,β-unsaturated/α-hetero) is 1. The number of ketones is 1. The molecule has 2 heterocycles. The van der Waals surface area contributed by atoms with E-state index < -0.39 is 6.04 Å². The maximum Gasteiger partial charge on any atom is 0.262 e. The lowest BCUT2D eigenvalue weighted by Gasteiger charge is -2.38. The lowest BCUT2D eigenvalue weighted by molar-refractivity contribution is 0.0885. The molecule has 6 heteroatoms. The van der Waals surface area contributed by atoms with Crippen molar-refractivity contribution in [2.24, 2.45) is 0 Å². The molecule has 36 heavy (non-hydrogen) atoms. The van der Waals surface area contributed by atoms with Gasteiger partial charge in [-0.15, -0.1) is 0 Å². The van der Waals surface area contributed by atoms with Gasteiger partial charge in [-0.2, -0.15) is 0 Å². The van der Waals surface area contributed by atoms with Crippen molar-refractivity contribution < 1.29 is 9.59 Å². The van der Waals surface area contributed by atoms with Crippen molar-refractivity contribution in [1.29, 1.82) is 0 Å². The topological polar surface area (TPSA) is 52.7 Å². The van der Waals surface area contributed by atoms with Gasteiger partial charge in [0.25, 0.3) is 5.91 Å². The summed E-state index contributed by atoms with van der Waals surface area (Å²) in [5.74, 6) is -0.202. The zero-order valence-electron chi connectivity index (χ0n) is 20.0. The third-order valence-electron chi connectivity index (χ3n) is 7.51. The van der Waals surface area contributed by atoms with Crippen molar-refractivity contribution in [3.63, 3.8) is 0 Å². The van der Waals surface area contributed by atoms with Crippen molar-refractivity contribution in [3.8, 4) is 0 Å². The first-order valence-electron chi connectivity index (χ1n) is 12.6. The highest BCUT2D eigenvalue weighted by Gasteiger charge is 2.43. The number of nitrogens with one attached hydrogen (secondary N) is 1. The highest BCUT2D eigenvalue weighted by atomic mass is 35.5. The van der Waals surface area contributed by atoms with Crippen LogP contribution in [0.2, 0.25) is 5.02 Å². The predicted octanol–water partition coefficient (Wildman–Crippen LogP) is 5.70. The van der Waals surface area contributed by atoms with Crippen LogP contribution in [0.3, 0.4) is 0 Å². The number of rotatable bonds is 6. The van der Waals surface area contributed by atoms with Crippen molar-refractivity contribution in [2.75, 3.05) is 29.9 Å². The zero-order valence-corrected chi connectivity index (χ0v) is 20.7. The molecule has 2 bridgehead atoms. The first-order valence-corrected chi connectivity index (χ1v) is 13.0. The Morgan fingerprint density at radius 2 is 1.72 bits per heavy atom. The largest absolute Gasteiger partial charge is 0.382 e. The summed E-state index contributed by atoms with van der Waals surface area (Å²) >= 11 is 6.22. The van der Waals surface area contributed by atoms with Crippen molar-refractivity contribution >= 4 is 40.7 Å². The number of likely N-dealkylation sites (tertiary alicyclic amines) is 1. The molecule has 0 spiro atoms. The number of carbonyl (C=O) groups is 2. The van der Waals surface area contributed by atoms with Crippen LogP contribution in [0.1, 0.15) is 44.7 Å². The summed E-state index contributed by atoms with van der Waals surface area (Å²) < 4.78 is 0. The number of benzene rings is 3. The van der Waals surface area contributed by atoms with E-state index in [-0.39, 0.29) is 17.7 Å². The average molecular weight is 498 g/mol. The minimum atomic E-state index is -0.640. The Morgan fingerprint density at radius 1 is 0.917 bits per heavy atom. The number of hydrogen-bond acceptors (Lipinski definition) is 4. The fraction of sp³-hybridized carbons (Fsp3) is 0.267. The zero-order chi connectivity index (χ0) is 24.6. The Labute approximate surface area is 216 Å². The van der Waals surface area contributed by atoms with E-state index in [1.165, 1.54) is 5.56 Å². The van der Waals surface area contributed by atoms with Crippen molar-refractivity contribution in [2.45, 2.75) is 31.3 Å². The van der Waals surface area contributed by atoms with Crippen molar-refractivity contribution in [3.05, 3.63) is 100 Å². The summed E-state index contributed by atoms with van der Waals surface area (Å²) in [6, 6.07) is 21.2. The van der Waals surface area contributed by atoms with Crippen LogP contribution in [0.4, 0.5) is 11.4 Å². The fourth-order valence-electron chi connectivity index (χ4n) is 5.60. The number of fused-ring (bicyclic) bond motifs is 1. The summed E-state index contributed by atoms with van der Waals surface area (Å²) in [7, 11) is 0. The SMILES string of the molecule is O=C1c2c3ccc(NC4CCN(CCc5ccccc5)CC4)c2C(=O)N(c2cccc(Cl)c2)C1C=C3. The number of hydrogen-bond donors (Lipinski definition) is 1. The van der Waals surface area contributed by atoms with Gasteiger partial charge in [-0.25, -0.2) is 0 Å². The summed E-state index contributed by atoms with van der Waals surface area (Å²) in [4.78, 5) is 31.4. The predicted molar refractivity (Wildman–Crippen MR) is 145 cm³/mol. The Hall–Kier alpha value is -3.41. The van der Waals surface area contributed by atoms with E-state index in [1.807, 2.05) is 30.4 Å². The minimum absolute atomic E-state index is 0.0403. The lowest BCUT2D eigenvalue weighted by atomic mass is 9.82. The van der Waals surface area contributed by atoms with Crippen LogP contribution >= 0.6 is 11.6 Å². The lowest BCUT2D eigenvalue weighted by Crippen LogP contribution is -2.51. The van der Waals surface area contributed by atoms with Gasteiger partial charge in [0.05, 0.1) is 5.56 Å². The standard InChI is InChI=1S/C30H28ClN3O2/c31-22-7-4-8-24(19-22)34-26-12-10-21-9-11-25(28(30(34)36)27(21)29(26)35)32-23-14-17-33(18-15-23)16-13-20-5-2-1-3-6-20/h1-12,19,23,26,32H,13-18H2. The molecule has 1 N–H and O–H groups in total. The van der Waals surface area contributed by atoms with Gasteiger partial charge < -0.3 is 10.2 Å². The summed E-state index contributed by atoms with van der Waals surface area (Å²) in [6.45, 7) is 3.07. The highest BCUT2D eigenvalue weighted by Crippen LogP contribution is 2.39. The Bertz CT molecular complexity index is 1350.